The smallest absolute Gasteiger partial charge is 0.186 e. The van der Waals surface area contributed by atoms with Crippen LogP contribution in [0.5, 0.6) is 0 Å². The Kier molecular flexibility index (Phi) is 8.27. The molecule has 3 N–H and O–H groups in total. The van der Waals surface area contributed by atoms with Gasteiger partial charge in [0, 0.05) is 38.8 Å². The number of anilines is 1. The summed E-state index contributed by atoms with van der Waals surface area (Å²) in [5, 5.41) is 10.7. The van der Waals surface area contributed by atoms with Crippen molar-refractivity contribution in [3.63, 3.8) is 0 Å². The average molecular weight is 437 g/mol. The van der Waals surface area contributed by atoms with Crippen LogP contribution in [0.2, 0.25) is 0 Å². The Labute approximate surface area is 186 Å². The molecule has 1 aromatic rings. The molecule has 1 aliphatic rings. The highest BCUT2D eigenvalue weighted by Gasteiger charge is 2.46. The van der Waals surface area contributed by atoms with Gasteiger partial charge in [-0.3, -0.25) is 4.99 Å². The molecule has 0 amide bonds. The quantitative estimate of drug-likeness (QED) is 0.526. The number of methoxy groups -OCH3 is 3. The molecule has 7 heteroatoms. The summed E-state index contributed by atoms with van der Waals surface area (Å²) >= 11 is 0. The molecule has 0 aromatic heterocycles. The second kappa shape index (κ2) is 9.96. The highest BCUT2D eigenvalue weighted by Crippen LogP contribution is 2.35. The number of ether oxygens (including phenoxy) is 4. The number of nitrogen functional groups attached to an aromatic ring is 1. The lowest BCUT2D eigenvalue weighted by molar-refractivity contribution is -0.296. The van der Waals surface area contributed by atoms with Crippen LogP contribution >= 0.6 is 0 Å². The molecule has 1 saturated heterocycles. The van der Waals surface area contributed by atoms with Gasteiger partial charge in [-0.05, 0) is 28.0 Å². The molecule has 0 aliphatic carbocycles. The number of aliphatic hydroxyl groups excluding tert-OH is 1. The van der Waals surface area contributed by atoms with Crippen molar-refractivity contribution in [3.05, 3.63) is 28.8 Å². The van der Waals surface area contributed by atoms with Gasteiger partial charge in [-0.2, -0.15) is 0 Å². The summed E-state index contributed by atoms with van der Waals surface area (Å²) in [7, 11) is 4.61. The molecule has 1 aromatic carbocycles. The maximum atomic E-state index is 10.7. The molecule has 0 unspecified atom stereocenters. The first kappa shape index (κ1) is 25.7. The monoisotopic (exact) mass is 436 g/mol. The van der Waals surface area contributed by atoms with E-state index >= 15 is 0 Å². The number of hydrogen-bond acceptors (Lipinski definition) is 7. The van der Waals surface area contributed by atoms with E-state index in [1.165, 1.54) is 26.9 Å². The number of aliphatic hydroxyl groups is 1. The van der Waals surface area contributed by atoms with Gasteiger partial charge in [-0.15, -0.1) is 0 Å². The standard InChI is InChI=1S/C24H40N2O5/c1-23(2,3)15-10-14(18(25)16(11-15)24(4,5)6)12-26-13-17-19(27)20(28-7)21(29-8)22(30-9)31-17/h10-12,17,19-22,27H,13,25H2,1-9H3/t17-,19-,20+,21-,22+/m1/s1. The first-order chi connectivity index (χ1) is 14.3. The normalized spacial score (nSPS) is 27.7. The van der Waals surface area contributed by atoms with Gasteiger partial charge in [0.05, 0.1) is 6.54 Å². The predicted molar refractivity (Wildman–Crippen MR) is 124 cm³/mol. The van der Waals surface area contributed by atoms with Gasteiger partial charge in [0.1, 0.15) is 24.4 Å². The Morgan fingerprint density at radius 1 is 1.00 bits per heavy atom. The predicted octanol–water partition coefficient (Wildman–Crippen LogP) is 3.04. The van der Waals surface area contributed by atoms with Gasteiger partial charge in [0.2, 0.25) is 0 Å². The lowest BCUT2D eigenvalue weighted by Crippen LogP contribution is -2.60. The Morgan fingerprint density at radius 2 is 1.61 bits per heavy atom. The van der Waals surface area contributed by atoms with Crippen LogP contribution in [0, 0.1) is 0 Å². The molecule has 0 saturated carbocycles. The summed E-state index contributed by atoms with van der Waals surface area (Å²) in [6.07, 6.45) is -1.49. The van der Waals surface area contributed by atoms with E-state index in [2.05, 4.69) is 58.7 Å². The second-order valence-electron chi connectivity index (χ2n) is 10.2. The zero-order valence-electron chi connectivity index (χ0n) is 20.4. The average Bonchev–Trinajstić information content (AvgIpc) is 2.67. The number of rotatable bonds is 6. The molecule has 5 atom stereocenters. The molecule has 7 nitrogen and oxygen atoms in total. The van der Waals surface area contributed by atoms with Crippen LogP contribution < -0.4 is 5.73 Å². The van der Waals surface area contributed by atoms with Crippen LogP contribution in [0.1, 0.15) is 58.2 Å². The van der Waals surface area contributed by atoms with Crippen LogP contribution in [0.15, 0.2) is 17.1 Å². The van der Waals surface area contributed by atoms with E-state index in [1.807, 2.05) is 0 Å². The fourth-order valence-corrected chi connectivity index (χ4v) is 3.84. The molecular weight excluding hydrogens is 396 g/mol. The summed E-state index contributed by atoms with van der Waals surface area (Å²) in [5.41, 5.74) is 10.3. The van der Waals surface area contributed by atoms with Crippen molar-refractivity contribution in [2.45, 2.75) is 83.1 Å². The number of benzene rings is 1. The molecule has 176 valence electrons. The Morgan fingerprint density at radius 3 is 2.10 bits per heavy atom. The van der Waals surface area contributed by atoms with Gasteiger partial charge < -0.3 is 29.8 Å². The first-order valence-corrected chi connectivity index (χ1v) is 10.7. The third kappa shape index (κ3) is 5.84. The van der Waals surface area contributed by atoms with E-state index in [4.69, 9.17) is 24.7 Å². The van der Waals surface area contributed by atoms with E-state index < -0.39 is 30.7 Å². The fourth-order valence-electron chi connectivity index (χ4n) is 3.84. The Hall–Kier alpha value is -1.51. The third-order valence-corrected chi connectivity index (χ3v) is 5.80. The molecular formula is C24H40N2O5. The zero-order chi connectivity index (χ0) is 23.6. The highest BCUT2D eigenvalue weighted by molar-refractivity contribution is 5.89. The van der Waals surface area contributed by atoms with E-state index in [-0.39, 0.29) is 17.4 Å². The van der Waals surface area contributed by atoms with Crippen molar-refractivity contribution in [1.82, 2.24) is 0 Å². The molecule has 0 bridgehead atoms. The second-order valence-corrected chi connectivity index (χ2v) is 10.2. The van der Waals surface area contributed by atoms with E-state index in [1.54, 1.807) is 6.21 Å². The molecule has 31 heavy (non-hydrogen) atoms. The maximum Gasteiger partial charge on any atom is 0.186 e. The lowest BCUT2D eigenvalue weighted by atomic mass is 9.78. The van der Waals surface area contributed by atoms with Crippen LogP contribution in [0.25, 0.3) is 0 Å². The summed E-state index contributed by atoms with van der Waals surface area (Å²) in [6, 6.07) is 4.28. The number of hydrogen-bond donors (Lipinski definition) is 2. The summed E-state index contributed by atoms with van der Waals surface area (Å²) in [5.74, 6) is 0. The topological polar surface area (TPSA) is 95.5 Å². The molecule has 1 aliphatic heterocycles. The summed E-state index contributed by atoms with van der Waals surface area (Å²) in [4.78, 5) is 4.57. The maximum absolute atomic E-state index is 10.7. The first-order valence-electron chi connectivity index (χ1n) is 10.7. The van der Waals surface area contributed by atoms with Gasteiger partial charge in [-0.1, -0.05) is 47.6 Å². The van der Waals surface area contributed by atoms with Gasteiger partial charge >= 0.3 is 0 Å². The lowest BCUT2D eigenvalue weighted by Gasteiger charge is -2.42. The van der Waals surface area contributed by atoms with E-state index in [0.717, 1.165) is 16.8 Å². The highest BCUT2D eigenvalue weighted by atomic mass is 16.7. The zero-order valence-corrected chi connectivity index (χ0v) is 20.4. The summed E-state index contributed by atoms with van der Waals surface area (Å²) < 4.78 is 22.1. The largest absolute Gasteiger partial charge is 0.398 e. The van der Waals surface area contributed by atoms with Gasteiger partial charge in [0.25, 0.3) is 0 Å². The third-order valence-electron chi connectivity index (χ3n) is 5.80. The van der Waals surface area contributed by atoms with Gasteiger partial charge in [-0.25, -0.2) is 0 Å². The van der Waals surface area contributed by atoms with Crippen molar-refractivity contribution in [1.29, 1.82) is 0 Å². The summed E-state index contributed by atoms with van der Waals surface area (Å²) in [6.45, 7) is 13.2. The SMILES string of the molecule is CO[C@H]1O[C@H](CN=Cc2cc(C(C)(C)C)cc(C(C)(C)C)c2N)[C@@H](O)[C@H](OC)[C@H]1OC. The van der Waals surface area contributed by atoms with Crippen molar-refractivity contribution in [2.75, 3.05) is 33.6 Å². The molecule has 1 heterocycles. The van der Waals surface area contributed by atoms with E-state index in [0.29, 0.717) is 0 Å². The minimum atomic E-state index is -0.901. The number of nitrogens with two attached hydrogens (primary N) is 1. The molecule has 2 rings (SSSR count). The number of nitrogens with zero attached hydrogens (tertiary/aromatic N) is 1. The van der Waals surface area contributed by atoms with Crippen molar-refractivity contribution >= 4 is 11.9 Å². The van der Waals surface area contributed by atoms with Crippen LogP contribution in [-0.2, 0) is 29.8 Å². The van der Waals surface area contributed by atoms with Crippen molar-refractivity contribution in [2.24, 2.45) is 4.99 Å². The Balaban J connectivity index is 2.31. The minimum Gasteiger partial charge on any atom is -0.398 e. The van der Waals surface area contributed by atoms with Crippen molar-refractivity contribution < 1.29 is 24.1 Å². The van der Waals surface area contributed by atoms with Crippen molar-refractivity contribution in [3.8, 4) is 0 Å². The van der Waals surface area contributed by atoms with E-state index in [9.17, 15) is 5.11 Å². The molecule has 1 fully saturated rings. The van der Waals surface area contributed by atoms with Crippen LogP contribution in [0.4, 0.5) is 5.69 Å². The molecule has 0 radical (unpaired) electrons. The fraction of sp³-hybridized carbons (Fsp3) is 0.708. The van der Waals surface area contributed by atoms with Crippen LogP contribution in [0.3, 0.4) is 0 Å². The number of aliphatic imine (C=N–C) groups is 1. The molecule has 0 spiro atoms. The Bertz CT molecular complexity index is 766. The minimum absolute atomic E-state index is 0.0223. The van der Waals surface area contributed by atoms with Crippen LogP contribution in [-0.4, -0.2) is 69.9 Å². The van der Waals surface area contributed by atoms with Gasteiger partial charge in [0.15, 0.2) is 6.29 Å².